The van der Waals surface area contributed by atoms with Crippen LogP contribution in [0.3, 0.4) is 0 Å². The van der Waals surface area contributed by atoms with Gasteiger partial charge in [0.2, 0.25) is 11.8 Å². The van der Waals surface area contributed by atoms with Crippen molar-refractivity contribution in [3.05, 3.63) is 24.0 Å². The number of aromatic nitrogens is 2. The minimum Gasteiger partial charge on any atom is -0.343 e. The lowest BCUT2D eigenvalue weighted by atomic mass is 9.85. The third kappa shape index (κ3) is 4.23. The Hall–Kier alpha value is -2.37. The van der Waals surface area contributed by atoms with Crippen LogP contribution >= 0.6 is 0 Å². The highest BCUT2D eigenvalue weighted by molar-refractivity contribution is 5.93. The van der Waals surface area contributed by atoms with Crippen LogP contribution in [0.25, 0.3) is 11.0 Å². The quantitative estimate of drug-likeness (QED) is 0.755. The van der Waals surface area contributed by atoms with Gasteiger partial charge in [0.1, 0.15) is 5.82 Å². The van der Waals surface area contributed by atoms with Crippen molar-refractivity contribution in [1.29, 1.82) is 0 Å². The average Bonchev–Trinajstić information content (AvgIpc) is 2.96. The van der Waals surface area contributed by atoms with Crippen LogP contribution in [0.1, 0.15) is 64.1 Å². The molecule has 2 N–H and O–H groups in total. The Balaban J connectivity index is 1.51. The molecule has 26 heavy (non-hydrogen) atoms. The molecule has 1 aromatic carbocycles. The Morgan fingerprint density at radius 1 is 1.23 bits per heavy atom. The van der Waals surface area contributed by atoms with E-state index in [0.29, 0.717) is 38.3 Å². The van der Waals surface area contributed by atoms with Gasteiger partial charge < -0.3 is 15.2 Å². The summed E-state index contributed by atoms with van der Waals surface area (Å²) < 4.78 is 0. The van der Waals surface area contributed by atoms with Gasteiger partial charge in [-0.1, -0.05) is 6.42 Å². The van der Waals surface area contributed by atoms with Crippen molar-refractivity contribution in [2.45, 2.75) is 58.3 Å². The van der Waals surface area contributed by atoms with Crippen LogP contribution in [0.4, 0.5) is 5.69 Å². The molecule has 2 aromatic rings. The molecule has 1 heterocycles. The first kappa shape index (κ1) is 18.4. The van der Waals surface area contributed by atoms with E-state index in [-0.39, 0.29) is 11.8 Å². The molecular weight excluding hydrogens is 328 g/mol. The van der Waals surface area contributed by atoms with E-state index in [2.05, 4.69) is 15.3 Å². The summed E-state index contributed by atoms with van der Waals surface area (Å²) in [6.07, 6.45) is 5.02. The molecule has 0 spiro atoms. The maximum absolute atomic E-state index is 12.1. The summed E-state index contributed by atoms with van der Waals surface area (Å²) in [7, 11) is 0. The maximum atomic E-state index is 12.1. The second kappa shape index (κ2) is 8.34. The van der Waals surface area contributed by atoms with Crippen LogP contribution in [-0.2, 0) is 9.59 Å². The molecule has 3 rings (SSSR count). The first-order valence-electron chi connectivity index (χ1n) is 9.68. The van der Waals surface area contributed by atoms with E-state index >= 15 is 0 Å². The molecule has 1 saturated carbocycles. The number of aromatic amines is 1. The number of rotatable bonds is 8. The molecule has 1 fully saturated rings. The van der Waals surface area contributed by atoms with Crippen LogP contribution in [0.15, 0.2) is 18.2 Å². The zero-order valence-electron chi connectivity index (χ0n) is 15.7. The van der Waals surface area contributed by atoms with Crippen molar-refractivity contribution in [3.8, 4) is 0 Å². The van der Waals surface area contributed by atoms with E-state index in [1.165, 1.54) is 19.3 Å². The minimum absolute atomic E-state index is 0.0598. The summed E-state index contributed by atoms with van der Waals surface area (Å²) in [5.41, 5.74) is 2.66. The molecule has 0 atom stereocenters. The predicted molar refractivity (Wildman–Crippen MR) is 103 cm³/mol. The normalized spacial score (nSPS) is 14.2. The first-order chi connectivity index (χ1) is 12.6. The number of benzene rings is 1. The van der Waals surface area contributed by atoms with E-state index in [1.807, 2.05) is 32.0 Å². The number of nitrogens with one attached hydrogen (secondary N) is 2. The van der Waals surface area contributed by atoms with Gasteiger partial charge in [-0.2, -0.15) is 0 Å². The highest BCUT2D eigenvalue weighted by Gasteiger charge is 2.22. The zero-order valence-corrected chi connectivity index (χ0v) is 15.7. The number of amides is 2. The van der Waals surface area contributed by atoms with Crippen LogP contribution in [-0.4, -0.2) is 39.8 Å². The summed E-state index contributed by atoms with van der Waals surface area (Å²) in [6.45, 7) is 5.37. The fourth-order valence-corrected chi connectivity index (χ4v) is 3.34. The number of fused-ring (bicyclic) bond motifs is 1. The Morgan fingerprint density at radius 2 is 2.00 bits per heavy atom. The van der Waals surface area contributed by atoms with Crippen molar-refractivity contribution in [2.24, 2.45) is 0 Å². The van der Waals surface area contributed by atoms with Gasteiger partial charge in [-0.3, -0.25) is 9.59 Å². The third-order valence-corrected chi connectivity index (χ3v) is 5.19. The van der Waals surface area contributed by atoms with Crippen molar-refractivity contribution >= 4 is 28.5 Å². The van der Waals surface area contributed by atoms with Gasteiger partial charge in [-0.05, 0) is 51.3 Å². The number of nitrogens with zero attached hydrogens (tertiary/aromatic N) is 2. The van der Waals surface area contributed by atoms with E-state index in [0.717, 1.165) is 22.5 Å². The Morgan fingerprint density at radius 3 is 2.65 bits per heavy atom. The van der Waals surface area contributed by atoms with Gasteiger partial charge in [0.25, 0.3) is 0 Å². The van der Waals surface area contributed by atoms with Crippen molar-refractivity contribution < 1.29 is 9.59 Å². The molecule has 1 aromatic heterocycles. The predicted octanol–water partition coefficient (Wildman–Crippen LogP) is 3.81. The Labute approximate surface area is 154 Å². The molecule has 0 aliphatic heterocycles. The van der Waals surface area contributed by atoms with Gasteiger partial charge >= 0.3 is 0 Å². The molecular formula is C20H28N4O2. The lowest BCUT2D eigenvalue weighted by Gasteiger charge is -2.22. The van der Waals surface area contributed by atoms with Crippen LogP contribution in [0, 0.1) is 0 Å². The zero-order chi connectivity index (χ0) is 18.5. The first-order valence-corrected chi connectivity index (χ1v) is 9.68. The minimum atomic E-state index is -0.0598. The average molecular weight is 356 g/mol. The molecule has 0 bridgehead atoms. The third-order valence-electron chi connectivity index (χ3n) is 5.19. The van der Waals surface area contributed by atoms with Crippen LogP contribution in [0.2, 0.25) is 0 Å². The fraction of sp³-hybridized carbons (Fsp3) is 0.550. The highest BCUT2D eigenvalue weighted by atomic mass is 16.2. The van der Waals surface area contributed by atoms with Crippen LogP contribution < -0.4 is 5.32 Å². The molecule has 140 valence electrons. The largest absolute Gasteiger partial charge is 0.343 e. The molecule has 2 amide bonds. The fourth-order valence-electron chi connectivity index (χ4n) is 3.34. The van der Waals surface area contributed by atoms with Gasteiger partial charge in [0, 0.05) is 37.5 Å². The molecule has 6 heteroatoms. The number of anilines is 1. The summed E-state index contributed by atoms with van der Waals surface area (Å²) in [4.78, 5) is 33.9. The van der Waals surface area contributed by atoms with Crippen LogP contribution in [0.5, 0.6) is 0 Å². The maximum Gasteiger partial charge on any atom is 0.224 e. The SMILES string of the molecule is CCN(CC)C(=O)CCCC(=O)Nc1ccc2nc(C3CCC3)[nH]c2c1. The van der Waals surface area contributed by atoms with Gasteiger partial charge in [0.15, 0.2) is 0 Å². The Kier molecular flexibility index (Phi) is 5.91. The topological polar surface area (TPSA) is 78.1 Å². The number of H-pyrrole nitrogens is 1. The molecule has 0 saturated heterocycles. The van der Waals surface area contributed by atoms with E-state index in [4.69, 9.17) is 0 Å². The summed E-state index contributed by atoms with van der Waals surface area (Å²) in [5.74, 6) is 1.68. The van der Waals surface area contributed by atoms with E-state index in [9.17, 15) is 9.59 Å². The number of imidazole rings is 1. The number of carbonyl (C=O) groups is 2. The van der Waals surface area contributed by atoms with Gasteiger partial charge in [-0.25, -0.2) is 4.98 Å². The molecule has 1 aliphatic carbocycles. The highest BCUT2D eigenvalue weighted by Crippen LogP contribution is 2.35. The van der Waals surface area contributed by atoms with Crippen molar-refractivity contribution in [3.63, 3.8) is 0 Å². The molecule has 0 radical (unpaired) electrons. The second-order valence-electron chi connectivity index (χ2n) is 6.95. The monoisotopic (exact) mass is 356 g/mol. The van der Waals surface area contributed by atoms with Crippen molar-refractivity contribution in [1.82, 2.24) is 14.9 Å². The number of carbonyl (C=O) groups excluding carboxylic acids is 2. The van der Waals surface area contributed by atoms with E-state index in [1.54, 1.807) is 4.90 Å². The number of hydrogen-bond acceptors (Lipinski definition) is 3. The molecule has 0 unspecified atom stereocenters. The lowest BCUT2D eigenvalue weighted by Crippen LogP contribution is -2.30. The summed E-state index contributed by atoms with van der Waals surface area (Å²) in [6, 6.07) is 5.75. The van der Waals surface area contributed by atoms with E-state index < -0.39 is 0 Å². The molecule has 1 aliphatic rings. The Bertz CT molecular complexity index is 775. The standard InChI is InChI=1S/C20H28N4O2/c1-3-24(4-2)19(26)10-6-9-18(25)21-15-11-12-16-17(13-15)23-20(22-16)14-7-5-8-14/h11-14H,3-10H2,1-2H3,(H,21,25)(H,22,23). The lowest BCUT2D eigenvalue weighted by molar-refractivity contribution is -0.130. The summed E-state index contributed by atoms with van der Waals surface area (Å²) >= 11 is 0. The molecule has 6 nitrogen and oxygen atoms in total. The smallest absolute Gasteiger partial charge is 0.224 e. The number of hydrogen-bond donors (Lipinski definition) is 2. The van der Waals surface area contributed by atoms with Gasteiger partial charge in [-0.15, -0.1) is 0 Å². The van der Waals surface area contributed by atoms with Gasteiger partial charge in [0.05, 0.1) is 11.0 Å². The second-order valence-corrected chi connectivity index (χ2v) is 6.95. The van der Waals surface area contributed by atoms with Crippen molar-refractivity contribution in [2.75, 3.05) is 18.4 Å². The summed E-state index contributed by atoms with van der Waals surface area (Å²) in [5, 5.41) is 2.92.